The highest BCUT2D eigenvalue weighted by atomic mass is 16.5. The van der Waals surface area contributed by atoms with Crippen LogP contribution in [0.25, 0.3) is 0 Å². The van der Waals surface area contributed by atoms with E-state index in [-0.39, 0.29) is 5.54 Å². The quantitative estimate of drug-likeness (QED) is 0.826. The topological polar surface area (TPSA) is 64.9 Å². The predicted octanol–water partition coefficient (Wildman–Crippen LogP) is 2.00. The van der Waals surface area contributed by atoms with E-state index in [1.54, 1.807) is 0 Å². The van der Waals surface area contributed by atoms with Gasteiger partial charge >= 0.3 is 0 Å². The van der Waals surface area contributed by atoms with Crippen LogP contribution in [0.5, 0.6) is 0 Å². The molecule has 0 saturated heterocycles. The molecule has 0 aromatic carbocycles. The fraction of sp³-hybridized carbons (Fsp3) is 0.818. The minimum Gasteiger partial charge on any atom is -0.339 e. The molecule has 0 radical (unpaired) electrons. The lowest BCUT2D eigenvalue weighted by Crippen LogP contribution is -2.41. The van der Waals surface area contributed by atoms with Crippen LogP contribution < -0.4 is 5.73 Å². The smallest absolute Gasteiger partial charge is 0.226 e. The molecule has 0 aliphatic heterocycles. The van der Waals surface area contributed by atoms with Crippen molar-refractivity contribution in [2.24, 2.45) is 11.7 Å². The van der Waals surface area contributed by atoms with Gasteiger partial charge in [0.05, 0.1) is 5.54 Å². The second-order valence-electron chi connectivity index (χ2n) is 4.40. The third-order valence-electron chi connectivity index (χ3n) is 3.55. The molecule has 1 aliphatic carbocycles. The Bertz CT molecular complexity index is 336. The second-order valence-corrected chi connectivity index (χ2v) is 4.40. The predicted molar refractivity (Wildman–Crippen MR) is 57.2 cm³/mol. The minimum absolute atomic E-state index is 0.342. The van der Waals surface area contributed by atoms with Gasteiger partial charge in [0.2, 0.25) is 5.89 Å². The molecular weight excluding hydrogens is 190 g/mol. The molecule has 1 saturated carbocycles. The van der Waals surface area contributed by atoms with E-state index < -0.39 is 0 Å². The molecule has 0 bridgehead atoms. The molecule has 0 amide bonds. The van der Waals surface area contributed by atoms with Gasteiger partial charge in [-0.2, -0.15) is 4.98 Å². The van der Waals surface area contributed by atoms with E-state index in [1.807, 2.05) is 6.92 Å². The SMILES string of the molecule is CCc1nc(C2(N)CCCC2CC)no1. The first kappa shape index (κ1) is 10.6. The van der Waals surface area contributed by atoms with Crippen molar-refractivity contribution in [3.8, 4) is 0 Å². The van der Waals surface area contributed by atoms with Crippen LogP contribution >= 0.6 is 0 Å². The molecule has 84 valence electrons. The molecule has 2 unspecified atom stereocenters. The maximum atomic E-state index is 6.42. The van der Waals surface area contributed by atoms with E-state index in [9.17, 15) is 0 Å². The lowest BCUT2D eigenvalue weighted by molar-refractivity contribution is 0.282. The standard InChI is InChI=1S/C11H19N3O/c1-3-8-6-5-7-11(8,12)10-13-9(4-2)15-14-10/h8H,3-7,12H2,1-2H3. The maximum absolute atomic E-state index is 6.42. The maximum Gasteiger partial charge on any atom is 0.226 e. The molecule has 2 N–H and O–H groups in total. The van der Waals surface area contributed by atoms with E-state index in [1.165, 1.54) is 12.8 Å². The molecule has 1 aromatic rings. The van der Waals surface area contributed by atoms with Crippen LogP contribution in [0.3, 0.4) is 0 Å². The van der Waals surface area contributed by atoms with Crippen molar-refractivity contribution in [3.05, 3.63) is 11.7 Å². The molecule has 2 rings (SSSR count). The zero-order valence-corrected chi connectivity index (χ0v) is 9.49. The summed E-state index contributed by atoms with van der Waals surface area (Å²) in [5.41, 5.74) is 6.08. The molecule has 0 spiro atoms. The van der Waals surface area contributed by atoms with Crippen LogP contribution in [0.15, 0.2) is 4.52 Å². The first-order valence-electron chi connectivity index (χ1n) is 5.82. The van der Waals surface area contributed by atoms with Crippen molar-refractivity contribution in [3.63, 3.8) is 0 Å². The summed E-state index contributed by atoms with van der Waals surface area (Å²) in [6.07, 6.45) is 5.20. The average Bonchev–Trinajstić information content (AvgIpc) is 2.84. The molecule has 4 nitrogen and oxygen atoms in total. The second kappa shape index (κ2) is 3.93. The Morgan fingerprint density at radius 2 is 2.33 bits per heavy atom. The number of rotatable bonds is 3. The van der Waals surface area contributed by atoms with Crippen molar-refractivity contribution in [2.45, 2.75) is 51.5 Å². The van der Waals surface area contributed by atoms with Gasteiger partial charge in [-0.15, -0.1) is 0 Å². The highest BCUT2D eigenvalue weighted by molar-refractivity contribution is 5.09. The summed E-state index contributed by atoms with van der Waals surface area (Å²) in [6, 6.07) is 0. The van der Waals surface area contributed by atoms with Gasteiger partial charge in [0.25, 0.3) is 0 Å². The number of nitrogens with zero attached hydrogens (tertiary/aromatic N) is 2. The van der Waals surface area contributed by atoms with E-state index in [4.69, 9.17) is 10.3 Å². The van der Waals surface area contributed by atoms with Gasteiger partial charge < -0.3 is 10.3 Å². The molecule has 1 aromatic heterocycles. The lowest BCUT2D eigenvalue weighted by atomic mass is 9.85. The van der Waals surface area contributed by atoms with Crippen molar-refractivity contribution < 1.29 is 4.52 Å². The fourth-order valence-corrected chi connectivity index (χ4v) is 2.55. The Labute approximate surface area is 90.2 Å². The third kappa shape index (κ3) is 1.67. The molecule has 1 fully saturated rings. The van der Waals surface area contributed by atoms with Gasteiger partial charge in [0.1, 0.15) is 0 Å². The number of nitrogens with two attached hydrogens (primary N) is 1. The monoisotopic (exact) mass is 209 g/mol. The zero-order chi connectivity index (χ0) is 10.9. The summed E-state index contributed by atoms with van der Waals surface area (Å²) in [5, 5.41) is 4.03. The molecule has 1 heterocycles. The first-order valence-corrected chi connectivity index (χ1v) is 5.82. The van der Waals surface area contributed by atoms with Crippen LogP contribution in [0.4, 0.5) is 0 Å². The first-order chi connectivity index (χ1) is 7.20. The highest BCUT2D eigenvalue weighted by Crippen LogP contribution is 2.41. The van der Waals surface area contributed by atoms with Gasteiger partial charge in [-0.1, -0.05) is 31.8 Å². The Balaban J connectivity index is 2.27. The van der Waals surface area contributed by atoms with Crippen molar-refractivity contribution in [2.75, 3.05) is 0 Å². The summed E-state index contributed by atoms with van der Waals surface area (Å²) in [5.74, 6) is 1.90. The van der Waals surface area contributed by atoms with Crippen LogP contribution in [-0.4, -0.2) is 10.1 Å². The molecular formula is C11H19N3O. The normalized spacial score (nSPS) is 31.0. The highest BCUT2D eigenvalue weighted by Gasteiger charge is 2.43. The van der Waals surface area contributed by atoms with Gasteiger partial charge in [-0.05, 0) is 18.8 Å². The van der Waals surface area contributed by atoms with Crippen molar-refractivity contribution >= 4 is 0 Å². The molecule has 15 heavy (non-hydrogen) atoms. The van der Waals surface area contributed by atoms with Crippen LogP contribution in [0.2, 0.25) is 0 Å². The van der Waals surface area contributed by atoms with Crippen LogP contribution in [0.1, 0.15) is 51.2 Å². The van der Waals surface area contributed by atoms with E-state index in [0.717, 1.165) is 19.3 Å². The number of aromatic nitrogens is 2. The number of aryl methyl sites for hydroxylation is 1. The number of hydrogen-bond donors (Lipinski definition) is 1. The Morgan fingerprint density at radius 1 is 1.53 bits per heavy atom. The lowest BCUT2D eigenvalue weighted by Gasteiger charge is -2.26. The largest absolute Gasteiger partial charge is 0.339 e. The number of hydrogen-bond acceptors (Lipinski definition) is 4. The minimum atomic E-state index is -0.342. The van der Waals surface area contributed by atoms with Crippen molar-refractivity contribution in [1.82, 2.24) is 10.1 Å². The molecule has 2 atom stereocenters. The van der Waals surface area contributed by atoms with Crippen LogP contribution in [0, 0.1) is 5.92 Å². The zero-order valence-electron chi connectivity index (χ0n) is 9.49. The Morgan fingerprint density at radius 3 is 2.93 bits per heavy atom. The molecule has 1 aliphatic rings. The van der Waals surface area contributed by atoms with Gasteiger partial charge in [0, 0.05) is 6.42 Å². The van der Waals surface area contributed by atoms with Gasteiger partial charge in [-0.25, -0.2) is 0 Å². The van der Waals surface area contributed by atoms with Crippen molar-refractivity contribution in [1.29, 1.82) is 0 Å². The summed E-state index contributed by atoms with van der Waals surface area (Å²) < 4.78 is 5.14. The van der Waals surface area contributed by atoms with Gasteiger partial charge in [0.15, 0.2) is 5.82 Å². The summed E-state index contributed by atoms with van der Waals surface area (Å²) in [4.78, 5) is 4.38. The summed E-state index contributed by atoms with van der Waals surface area (Å²) in [7, 11) is 0. The Hall–Kier alpha value is -0.900. The van der Waals surface area contributed by atoms with E-state index in [0.29, 0.717) is 17.6 Å². The summed E-state index contributed by atoms with van der Waals surface area (Å²) >= 11 is 0. The van der Waals surface area contributed by atoms with Gasteiger partial charge in [-0.3, -0.25) is 0 Å². The van der Waals surface area contributed by atoms with E-state index >= 15 is 0 Å². The summed E-state index contributed by atoms with van der Waals surface area (Å²) in [6.45, 7) is 4.19. The van der Waals surface area contributed by atoms with Crippen LogP contribution in [-0.2, 0) is 12.0 Å². The Kier molecular flexibility index (Phi) is 2.78. The molecule has 4 heteroatoms. The fourth-order valence-electron chi connectivity index (χ4n) is 2.55. The average molecular weight is 209 g/mol. The third-order valence-corrected chi connectivity index (χ3v) is 3.55. The van der Waals surface area contributed by atoms with E-state index in [2.05, 4.69) is 17.1 Å².